The molecular formula is C20H17NO6S2. The van der Waals surface area contributed by atoms with Gasteiger partial charge in [-0.05, 0) is 30.2 Å². The topological polar surface area (TPSA) is 107 Å². The van der Waals surface area contributed by atoms with E-state index < -0.39 is 15.4 Å². The zero-order valence-corrected chi connectivity index (χ0v) is 17.0. The van der Waals surface area contributed by atoms with Crippen LogP contribution < -0.4 is 9.50 Å². The van der Waals surface area contributed by atoms with Crippen LogP contribution in [0.1, 0.15) is 21.5 Å². The van der Waals surface area contributed by atoms with Crippen molar-refractivity contribution in [2.24, 2.45) is 0 Å². The first-order valence-electron chi connectivity index (χ1n) is 8.52. The zero-order valence-electron chi connectivity index (χ0n) is 15.3. The van der Waals surface area contributed by atoms with E-state index >= 15 is 0 Å². The molecular weight excluding hydrogens is 414 g/mol. The van der Waals surface area contributed by atoms with Gasteiger partial charge in [0.2, 0.25) is 5.91 Å². The summed E-state index contributed by atoms with van der Waals surface area (Å²) in [6.45, 7) is 0. The van der Waals surface area contributed by atoms with Gasteiger partial charge in [-0.1, -0.05) is 54.2 Å². The Hall–Kier alpha value is -2.91. The average molecular weight is 431 g/mol. The maximum atomic E-state index is 12.4. The number of hydrogen-bond donors (Lipinski definition) is 1. The number of amides is 2. The Bertz CT molecular complexity index is 1090. The number of allylic oxidation sites excluding steroid dienone is 1. The summed E-state index contributed by atoms with van der Waals surface area (Å²) in [5, 5.41) is 1.43. The zero-order chi connectivity index (χ0) is 21.0. The van der Waals surface area contributed by atoms with Gasteiger partial charge >= 0.3 is 10.1 Å². The van der Waals surface area contributed by atoms with Gasteiger partial charge in [0.1, 0.15) is 5.75 Å². The number of carbonyl (C=O) groups is 3. The average Bonchev–Trinajstić information content (AvgIpc) is 2.97. The monoisotopic (exact) mass is 431 g/mol. The van der Waals surface area contributed by atoms with Crippen molar-refractivity contribution in [1.82, 2.24) is 5.32 Å². The smallest absolute Gasteiger partial charge is 0.306 e. The van der Waals surface area contributed by atoms with Crippen LogP contribution in [0.4, 0.5) is 4.79 Å². The normalized spacial score (nSPS) is 16.8. The molecule has 2 aromatic rings. The molecule has 9 heteroatoms. The van der Waals surface area contributed by atoms with Crippen LogP contribution in [0, 0.1) is 0 Å². The Kier molecular flexibility index (Phi) is 6.19. The van der Waals surface area contributed by atoms with Crippen molar-refractivity contribution in [1.29, 1.82) is 0 Å². The second-order valence-electron chi connectivity index (χ2n) is 6.31. The maximum Gasteiger partial charge on any atom is 0.306 e. The molecule has 1 saturated heterocycles. The molecule has 0 aliphatic carbocycles. The van der Waals surface area contributed by atoms with Crippen LogP contribution in [0.2, 0.25) is 0 Å². The fraction of sp³-hybridized carbons (Fsp3) is 0.150. The van der Waals surface area contributed by atoms with Crippen molar-refractivity contribution in [3.8, 4) is 5.75 Å². The number of nitrogens with one attached hydrogen (secondary N) is 1. The van der Waals surface area contributed by atoms with Gasteiger partial charge in [-0.15, -0.1) is 0 Å². The Morgan fingerprint density at radius 1 is 1.14 bits per heavy atom. The number of imide groups is 1. The molecule has 0 aromatic heterocycles. The summed E-state index contributed by atoms with van der Waals surface area (Å²) in [4.78, 5) is 35.3. The summed E-state index contributed by atoms with van der Waals surface area (Å²) in [6.07, 6.45) is 4.16. The van der Waals surface area contributed by atoms with E-state index in [0.29, 0.717) is 17.5 Å². The second-order valence-corrected chi connectivity index (χ2v) is 9.06. The number of hydrogen-bond acceptors (Lipinski definition) is 7. The predicted molar refractivity (Wildman–Crippen MR) is 110 cm³/mol. The van der Waals surface area contributed by atoms with E-state index in [1.165, 1.54) is 18.2 Å². The van der Waals surface area contributed by atoms with E-state index in [-0.39, 0.29) is 22.7 Å². The minimum Gasteiger partial charge on any atom is -0.382 e. The van der Waals surface area contributed by atoms with Crippen LogP contribution in [0.5, 0.6) is 5.75 Å². The second kappa shape index (κ2) is 8.62. The van der Waals surface area contributed by atoms with Crippen molar-refractivity contribution in [3.63, 3.8) is 0 Å². The van der Waals surface area contributed by atoms with Crippen molar-refractivity contribution in [2.75, 3.05) is 6.26 Å². The van der Waals surface area contributed by atoms with Crippen molar-refractivity contribution >= 4 is 44.9 Å². The molecule has 29 heavy (non-hydrogen) atoms. The molecule has 1 atom stereocenters. The van der Waals surface area contributed by atoms with E-state index in [1.807, 2.05) is 0 Å². The highest BCUT2D eigenvalue weighted by molar-refractivity contribution is 8.15. The van der Waals surface area contributed by atoms with Crippen LogP contribution in [-0.4, -0.2) is 36.9 Å². The lowest BCUT2D eigenvalue weighted by Gasteiger charge is -2.06. The minimum absolute atomic E-state index is 0.135. The summed E-state index contributed by atoms with van der Waals surface area (Å²) in [6, 6.07) is 13.2. The molecule has 0 spiro atoms. The molecule has 1 aliphatic rings. The third-order valence-electron chi connectivity index (χ3n) is 4.00. The molecule has 2 aromatic carbocycles. The van der Waals surface area contributed by atoms with Gasteiger partial charge in [0.15, 0.2) is 5.78 Å². The van der Waals surface area contributed by atoms with E-state index in [9.17, 15) is 22.8 Å². The molecule has 1 unspecified atom stereocenters. The van der Waals surface area contributed by atoms with Crippen LogP contribution >= 0.6 is 11.8 Å². The molecule has 3 rings (SSSR count). The maximum absolute atomic E-state index is 12.4. The first kappa shape index (κ1) is 20.8. The summed E-state index contributed by atoms with van der Waals surface area (Å²) < 4.78 is 27.6. The minimum atomic E-state index is -3.68. The molecule has 1 N–H and O–H groups in total. The van der Waals surface area contributed by atoms with Crippen molar-refractivity contribution < 1.29 is 27.0 Å². The highest BCUT2D eigenvalue weighted by atomic mass is 32.2. The third-order valence-corrected chi connectivity index (χ3v) is 5.46. The quantitative estimate of drug-likeness (QED) is 0.408. The molecule has 1 fully saturated rings. The summed E-state index contributed by atoms with van der Waals surface area (Å²) >= 11 is 0.958. The van der Waals surface area contributed by atoms with Crippen LogP contribution in [0.25, 0.3) is 6.08 Å². The molecule has 7 nitrogen and oxygen atoms in total. The van der Waals surface area contributed by atoms with E-state index in [1.54, 1.807) is 42.5 Å². The largest absolute Gasteiger partial charge is 0.382 e. The Balaban J connectivity index is 1.69. The van der Waals surface area contributed by atoms with Crippen LogP contribution in [0.3, 0.4) is 0 Å². The third kappa shape index (κ3) is 5.78. The SMILES string of the molecule is CS(=O)(=O)Oc1ccccc1/C=C/C(=O)c1ccc(CC2SC(=O)NC2=O)cc1. The number of ketones is 1. The molecule has 0 saturated carbocycles. The standard InChI is InChI=1S/C20H17NO6S2/c1-29(25,26)27-17-5-3-2-4-15(17)10-11-16(22)14-8-6-13(7-9-14)12-18-19(23)21-20(24)28-18/h2-11,18H,12H2,1H3,(H,21,23,24)/b11-10+. The fourth-order valence-corrected chi connectivity index (χ4v) is 4.00. The van der Waals surface area contributed by atoms with Gasteiger partial charge < -0.3 is 4.18 Å². The first-order valence-corrected chi connectivity index (χ1v) is 11.2. The van der Waals surface area contributed by atoms with Gasteiger partial charge in [0.05, 0.1) is 11.5 Å². The molecule has 0 radical (unpaired) electrons. The molecule has 0 bridgehead atoms. The summed E-state index contributed by atoms with van der Waals surface area (Å²) in [5.74, 6) is -0.441. The van der Waals surface area contributed by atoms with E-state index in [2.05, 4.69) is 5.32 Å². The van der Waals surface area contributed by atoms with E-state index in [4.69, 9.17) is 4.18 Å². The van der Waals surface area contributed by atoms with Gasteiger partial charge in [-0.2, -0.15) is 8.42 Å². The molecule has 2 amide bonds. The highest BCUT2D eigenvalue weighted by Gasteiger charge is 2.31. The Morgan fingerprint density at radius 3 is 2.45 bits per heavy atom. The van der Waals surface area contributed by atoms with Crippen LogP contribution in [-0.2, 0) is 21.3 Å². The number of rotatable bonds is 7. The fourth-order valence-electron chi connectivity index (χ4n) is 2.67. The molecule has 1 aliphatic heterocycles. The Morgan fingerprint density at radius 2 is 1.83 bits per heavy atom. The lowest BCUT2D eigenvalue weighted by molar-refractivity contribution is -0.118. The molecule has 150 valence electrons. The van der Waals surface area contributed by atoms with Gasteiger partial charge in [-0.3, -0.25) is 19.7 Å². The van der Waals surface area contributed by atoms with Crippen LogP contribution in [0.15, 0.2) is 54.6 Å². The Labute approximate surface area is 172 Å². The number of para-hydroxylation sites is 1. The predicted octanol–water partition coefficient (Wildman–Crippen LogP) is 2.82. The lowest BCUT2D eigenvalue weighted by atomic mass is 10.0. The van der Waals surface area contributed by atoms with Gasteiger partial charge in [0.25, 0.3) is 5.24 Å². The van der Waals surface area contributed by atoms with Gasteiger partial charge in [0, 0.05) is 11.1 Å². The van der Waals surface area contributed by atoms with Gasteiger partial charge in [-0.25, -0.2) is 0 Å². The van der Waals surface area contributed by atoms with E-state index in [0.717, 1.165) is 23.6 Å². The van der Waals surface area contributed by atoms with Crippen molar-refractivity contribution in [3.05, 3.63) is 71.3 Å². The summed E-state index contributed by atoms with van der Waals surface area (Å²) in [5.41, 5.74) is 1.72. The summed E-state index contributed by atoms with van der Waals surface area (Å²) in [7, 11) is -3.68. The van der Waals surface area contributed by atoms with Crippen molar-refractivity contribution in [2.45, 2.75) is 11.7 Å². The number of carbonyl (C=O) groups excluding carboxylic acids is 3. The number of benzene rings is 2. The highest BCUT2D eigenvalue weighted by Crippen LogP contribution is 2.24. The first-order chi connectivity index (χ1) is 13.7. The number of thioether (sulfide) groups is 1. The molecule has 1 heterocycles. The lowest BCUT2D eigenvalue weighted by Crippen LogP contribution is -2.25.